The molecular formula is C18H11BrClNO. The van der Waals surface area contributed by atoms with Gasteiger partial charge in [0.15, 0.2) is 0 Å². The van der Waals surface area contributed by atoms with E-state index in [-0.39, 0.29) is 6.61 Å². The predicted octanol–water partition coefficient (Wildman–Crippen LogP) is 5.18. The summed E-state index contributed by atoms with van der Waals surface area (Å²) in [5.41, 5.74) is 2.00. The van der Waals surface area contributed by atoms with Crippen LogP contribution in [0.1, 0.15) is 11.1 Å². The molecule has 0 aromatic heterocycles. The van der Waals surface area contributed by atoms with Gasteiger partial charge in [0, 0.05) is 15.1 Å². The Hall–Kier alpha value is -2.20. The van der Waals surface area contributed by atoms with Crippen LogP contribution < -0.4 is 4.74 Å². The SMILES string of the molecule is C#CCOc1ccc(Br)cc1/C=C(/C#N)c1cccc(Cl)c1. The van der Waals surface area contributed by atoms with E-state index in [9.17, 15) is 5.26 Å². The van der Waals surface area contributed by atoms with Crippen LogP contribution in [0.2, 0.25) is 5.02 Å². The van der Waals surface area contributed by atoms with Crippen molar-refractivity contribution in [2.45, 2.75) is 0 Å². The Bertz CT molecular complexity index is 799. The Balaban J connectivity index is 2.48. The number of ether oxygens (including phenoxy) is 1. The maximum Gasteiger partial charge on any atom is 0.148 e. The van der Waals surface area contributed by atoms with Gasteiger partial charge in [0.1, 0.15) is 12.4 Å². The molecule has 2 aromatic carbocycles. The highest BCUT2D eigenvalue weighted by Gasteiger charge is 2.07. The van der Waals surface area contributed by atoms with E-state index in [0.717, 1.165) is 15.6 Å². The topological polar surface area (TPSA) is 33.0 Å². The molecule has 0 unspecified atom stereocenters. The first-order valence-electron chi connectivity index (χ1n) is 6.37. The molecule has 0 saturated heterocycles. The lowest BCUT2D eigenvalue weighted by Crippen LogP contribution is -1.96. The number of benzene rings is 2. The van der Waals surface area contributed by atoms with Crippen LogP contribution in [-0.2, 0) is 0 Å². The molecular weight excluding hydrogens is 362 g/mol. The number of hydrogen-bond donors (Lipinski definition) is 0. The van der Waals surface area contributed by atoms with E-state index in [1.807, 2.05) is 18.2 Å². The highest BCUT2D eigenvalue weighted by atomic mass is 79.9. The maximum atomic E-state index is 9.42. The number of hydrogen-bond acceptors (Lipinski definition) is 2. The molecule has 2 nitrogen and oxygen atoms in total. The van der Waals surface area contributed by atoms with Gasteiger partial charge in [-0.3, -0.25) is 0 Å². The number of allylic oxidation sites excluding steroid dienone is 1. The Kier molecular flexibility index (Phi) is 5.67. The molecule has 108 valence electrons. The van der Waals surface area contributed by atoms with Crippen molar-refractivity contribution in [3.8, 4) is 24.2 Å². The van der Waals surface area contributed by atoms with Crippen molar-refractivity contribution in [3.05, 3.63) is 63.1 Å². The van der Waals surface area contributed by atoms with Gasteiger partial charge in [0.05, 0.1) is 11.6 Å². The zero-order chi connectivity index (χ0) is 15.9. The lowest BCUT2D eigenvalue weighted by atomic mass is 10.0. The monoisotopic (exact) mass is 371 g/mol. The average molecular weight is 373 g/mol. The molecule has 0 saturated carbocycles. The van der Waals surface area contributed by atoms with Crippen molar-refractivity contribution < 1.29 is 4.74 Å². The largest absolute Gasteiger partial charge is 0.480 e. The summed E-state index contributed by atoms with van der Waals surface area (Å²) in [6.45, 7) is 0.168. The third-order valence-electron chi connectivity index (χ3n) is 2.84. The van der Waals surface area contributed by atoms with E-state index in [4.69, 9.17) is 22.8 Å². The van der Waals surface area contributed by atoms with Crippen LogP contribution in [0.25, 0.3) is 11.6 Å². The van der Waals surface area contributed by atoms with Crippen molar-refractivity contribution in [1.29, 1.82) is 5.26 Å². The molecule has 0 amide bonds. The minimum atomic E-state index is 0.168. The molecule has 4 heteroatoms. The summed E-state index contributed by atoms with van der Waals surface area (Å²) < 4.78 is 6.39. The van der Waals surface area contributed by atoms with Gasteiger partial charge < -0.3 is 4.74 Å². The molecule has 0 radical (unpaired) electrons. The van der Waals surface area contributed by atoms with Gasteiger partial charge in [-0.2, -0.15) is 5.26 Å². The Labute approximate surface area is 143 Å². The molecule has 22 heavy (non-hydrogen) atoms. The molecule has 0 aliphatic carbocycles. The molecule has 0 fully saturated rings. The van der Waals surface area contributed by atoms with E-state index in [0.29, 0.717) is 16.3 Å². The Morgan fingerprint density at radius 3 is 2.82 bits per heavy atom. The highest BCUT2D eigenvalue weighted by molar-refractivity contribution is 9.10. The maximum absolute atomic E-state index is 9.42. The lowest BCUT2D eigenvalue weighted by Gasteiger charge is -2.08. The van der Waals surface area contributed by atoms with Crippen molar-refractivity contribution >= 4 is 39.2 Å². The molecule has 0 spiro atoms. The summed E-state index contributed by atoms with van der Waals surface area (Å²) in [6, 6.07) is 14.9. The van der Waals surface area contributed by atoms with Gasteiger partial charge in [0.25, 0.3) is 0 Å². The van der Waals surface area contributed by atoms with Crippen LogP contribution in [-0.4, -0.2) is 6.61 Å². The minimum Gasteiger partial charge on any atom is -0.480 e. The van der Waals surface area contributed by atoms with Gasteiger partial charge in [-0.1, -0.05) is 45.6 Å². The molecule has 0 N–H and O–H groups in total. The highest BCUT2D eigenvalue weighted by Crippen LogP contribution is 2.28. The van der Waals surface area contributed by atoms with Crippen LogP contribution in [0.3, 0.4) is 0 Å². The first-order chi connectivity index (χ1) is 10.6. The summed E-state index contributed by atoms with van der Waals surface area (Å²) in [6.07, 6.45) is 6.98. The van der Waals surface area contributed by atoms with Crippen LogP contribution in [0.5, 0.6) is 5.75 Å². The molecule has 2 aromatic rings. The van der Waals surface area contributed by atoms with Crippen molar-refractivity contribution in [3.63, 3.8) is 0 Å². The third-order valence-corrected chi connectivity index (χ3v) is 3.57. The summed E-state index contributed by atoms with van der Waals surface area (Å²) in [5.74, 6) is 3.05. The predicted molar refractivity (Wildman–Crippen MR) is 93.4 cm³/mol. The quantitative estimate of drug-likeness (QED) is 0.421. The number of nitrogens with zero attached hydrogens (tertiary/aromatic N) is 1. The molecule has 0 heterocycles. The summed E-state index contributed by atoms with van der Waals surface area (Å²) >= 11 is 9.40. The van der Waals surface area contributed by atoms with Crippen molar-refractivity contribution in [2.24, 2.45) is 0 Å². The fourth-order valence-electron chi connectivity index (χ4n) is 1.87. The first-order valence-corrected chi connectivity index (χ1v) is 7.54. The van der Waals surface area contributed by atoms with Crippen molar-refractivity contribution in [1.82, 2.24) is 0 Å². The molecule has 0 aliphatic rings. The first kappa shape index (κ1) is 16.2. The summed E-state index contributed by atoms with van der Waals surface area (Å²) in [4.78, 5) is 0. The normalized spacial score (nSPS) is 10.6. The summed E-state index contributed by atoms with van der Waals surface area (Å²) in [5, 5.41) is 10.0. The fraction of sp³-hybridized carbons (Fsp3) is 0.0556. The number of nitriles is 1. The van der Waals surface area contributed by atoms with Gasteiger partial charge >= 0.3 is 0 Å². The van der Waals surface area contributed by atoms with E-state index >= 15 is 0 Å². The minimum absolute atomic E-state index is 0.168. The van der Waals surface area contributed by atoms with Crippen LogP contribution in [0, 0.1) is 23.7 Å². The van der Waals surface area contributed by atoms with E-state index in [2.05, 4.69) is 27.9 Å². The van der Waals surface area contributed by atoms with Crippen LogP contribution >= 0.6 is 27.5 Å². The molecule has 0 bridgehead atoms. The van der Waals surface area contributed by atoms with Gasteiger partial charge in [-0.25, -0.2) is 0 Å². The van der Waals surface area contributed by atoms with Crippen molar-refractivity contribution in [2.75, 3.05) is 6.61 Å². The average Bonchev–Trinajstić information content (AvgIpc) is 2.51. The molecule has 0 aliphatic heterocycles. The molecule has 0 atom stereocenters. The second-order valence-corrected chi connectivity index (χ2v) is 5.71. The zero-order valence-corrected chi connectivity index (χ0v) is 13.9. The van der Waals surface area contributed by atoms with Gasteiger partial charge in [0.2, 0.25) is 0 Å². The zero-order valence-electron chi connectivity index (χ0n) is 11.5. The number of rotatable bonds is 4. The van der Waals surface area contributed by atoms with Gasteiger partial charge in [-0.05, 0) is 42.0 Å². The fourth-order valence-corrected chi connectivity index (χ4v) is 2.44. The summed E-state index contributed by atoms with van der Waals surface area (Å²) in [7, 11) is 0. The number of terminal acetylenes is 1. The van der Waals surface area contributed by atoms with Crippen LogP contribution in [0.4, 0.5) is 0 Å². The molecule has 2 rings (SSSR count). The number of halogens is 2. The second-order valence-electron chi connectivity index (χ2n) is 4.36. The van der Waals surface area contributed by atoms with Gasteiger partial charge in [-0.15, -0.1) is 6.42 Å². The Morgan fingerprint density at radius 1 is 1.32 bits per heavy atom. The second kappa shape index (κ2) is 7.71. The van der Waals surface area contributed by atoms with Crippen LogP contribution in [0.15, 0.2) is 46.9 Å². The lowest BCUT2D eigenvalue weighted by molar-refractivity contribution is 0.369. The smallest absolute Gasteiger partial charge is 0.148 e. The van der Waals surface area contributed by atoms with E-state index < -0.39 is 0 Å². The van der Waals surface area contributed by atoms with E-state index in [1.54, 1.807) is 30.3 Å². The third kappa shape index (κ3) is 4.15. The standard InChI is InChI=1S/C18H11BrClNO/c1-2-8-22-18-7-6-16(19)10-14(18)9-15(12-21)13-4-3-5-17(20)11-13/h1,3-7,9-11H,8H2/b15-9-. The van der Waals surface area contributed by atoms with E-state index in [1.165, 1.54) is 0 Å². The Morgan fingerprint density at radius 2 is 2.14 bits per heavy atom.